The Morgan fingerprint density at radius 1 is 1.12 bits per heavy atom. The van der Waals surface area contributed by atoms with Gasteiger partial charge in [-0.05, 0) is 30.7 Å². The molecule has 0 spiro atoms. The third-order valence-corrected chi connectivity index (χ3v) is 4.72. The molecule has 3 aromatic rings. The molecule has 0 aliphatic carbocycles. The summed E-state index contributed by atoms with van der Waals surface area (Å²) in [5.41, 5.74) is 3.82. The average molecular weight is 345 g/mol. The van der Waals surface area contributed by atoms with Crippen molar-refractivity contribution < 1.29 is 4.79 Å². The summed E-state index contributed by atoms with van der Waals surface area (Å²) in [5, 5.41) is 0. The molecular weight excluding hydrogens is 326 g/mol. The first kappa shape index (κ1) is 16.3. The molecule has 0 atom stereocenters. The van der Waals surface area contributed by atoms with Gasteiger partial charge in [-0.25, -0.2) is 4.98 Å². The van der Waals surface area contributed by atoms with Crippen LogP contribution in [-0.2, 0) is 17.8 Å². The van der Waals surface area contributed by atoms with E-state index in [1.807, 2.05) is 55.5 Å². The average Bonchev–Trinajstić information content (AvgIpc) is 2.67. The molecule has 5 heteroatoms. The molecule has 1 aliphatic rings. The second-order valence-electron chi connectivity index (χ2n) is 6.46. The standard InChI is InChI=1S/C21H19N3O2/c1-15-6-5-9-19-22-18-12-13-23(14-17(18)21(26)24(15)19)20(25)11-10-16-7-3-2-4-8-16/h2-11H,12-14H2,1H3. The van der Waals surface area contributed by atoms with Crippen LogP contribution in [0.5, 0.6) is 0 Å². The summed E-state index contributed by atoms with van der Waals surface area (Å²) in [6, 6.07) is 15.3. The van der Waals surface area contributed by atoms with Crippen molar-refractivity contribution in [1.29, 1.82) is 0 Å². The molecular formula is C21H19N3O2. The quantitative estimate of drug-likeness (QED) is 0.671. The molecule has 0 bridgehead atoms. The molecule has 0 N–H and O–H groups in total. The Bertz CT molecular complexity index is 1070. The number of aromatic nitrogens is 2. The van der Waals surface area contributed by atoms with Crippen LogP contribution in [0, 0.1) is 6.92 Å². The Kier molecular flexibility index (Phi) is 4.13. The highest BCUT2D eigenvalue weighted by molar-refractivity contribution is 5.91. The minimum absolute atomic E-state index is 0.0763. The van der Waals surface area contributed by atoms with Crippen LogP contribution < -0.4 is 5.56 Å². The van der Waals surface area contributed by atoms with Gasteiger partial charge in [0.1, 0.15) is 5.65 Å². The number of amides is 1. The number of pyridine rings is 1. The van der Waals surface area contributed by atoms with E-state index in [1.54, 1.807) is 21.5 Å². The van der Waals surface area contributed by atoms with Crippen molar-refractivity contribution in [2.24, 2.45) is 0 Å². The van der Waals surface area contributed by atoms with Gasteiger partial charge in [0, 0.05) is 24.7 Å². The van der Waals surface area contributed by atoms with Gasteiger partial charge < -0.3 is 4.90 Å². The van der Waals surface area contributed by atoms with Crippen LogP contribution in [0.15, 0.2) is 59.4 Å². The van der Waals surface area contributed by atoms with Crippen molar-refractivity contribution in [2.45, 2.75) is 19.9 Å². The van der Waals surface area contributed by atoms with Gasteiger partial charge in [-0.2, -0.15) is 0 Å². The van der Waals surface area contributed by atoms with Crippen molar-refractivity contribution in [3.63, 3.8) is 0 Å². The lowest BCUT2D eigenvalue weighted by Gasteiger charge is -2.27. The normalized spacial score (nSPS) is 14.0. The Hall–Kier alpha value is -3.21. The SMILES string of the molecule is Cc1cccc2nc3c(c(=O)n12)CN(C(=O)C=Cc1ccccc1)CC3. The summed E-state index contributed by atoms with van der Waals surface area (Å²) in [6.45, 7) is 2.76. The first-order chi connectivity index (χ1) is 12.6. The molecule has 1 aromatic carbocycles. The summed E-state index contributed by atoms with van der Waals surface area (Å²) in [7, 11) is 0. The van der Waals surface area contributed by atoms with Crippen LogP contribution in [0.3, 0.4) is 0 Å². The summed E-state index contributed by atoms with van der Waals surface area (Å²) in [4.78, 5) is 31.8. The first-order valence-corrected chi connectivity index (χ1v) is 8.65. The molecule has 5 nitrogen and oxygen atoms in total. The lowest BCUT2D eigenvalue weighted by Crippen LogP contribution is -2.39. The molecule has 0 saturated heterocycles. The minimum Gasteiger partial charge on any atom is -0.334 e. The highest BCUT2D eigenvalue weighted by atomic mass is 16.2. The molecule has 2 aromatic heterocycles. The number of hydrogen-bond donors (Lipinski definition) is 0. The predicted molar refractivity (Wildman–Crippen MR) is 101 cm³/mol. The van der Waals surface area contributed by atoms with Crippen molar-refractivity contribution in [3.8, 4) is 0 Å². The monoisotopic (exact) mass is 345 g/mol. The highest BCUT2D eigenvalue weighted by Gasteiger charge is 2.24. The maximum atomic E-state index is 12.9. The summed E-state index contributed by atoms with van der Waals surface area (Å²) in [6.07, 6.45) is 3.96. The second-order valence-corrected chi connectivity index (χ2v) is 6.46. The van der Waals surface area contributed by atoms with E-state index in [-0.39, 0.29) is 11.5 Å². The Labute approximate surface area is 151 Å². The van der Waals surface area contributed by atoms with E-state index in [4.69, 9.17) is 0 Å². The Morgan fingerprint density at radius 3 is 2.73 bits per heavy atom. The number of carbonyl (C=O) groups is 1. The van der Waals surface area contributed by atoms with Gasteiger partial charge in [-0.3, -0.25) is 14.0 Å². The number of fused-ring (bicyclic) bond motifs is 2. The summed E-state index contributed by atoms with van der Waals surface area (Å²) >= 11 is 0. The third kappa shape index (κ3) is 2.92. The molecule has 26 heavy (non-hydrogen) atoms. The zero-order chi connectivity index (χ0) is 18.1. The van der Waals surface area contributed by atoms with Crippen LogP contribution in [0.2, 0.25) is 0 Å². The smallest absolute Gasteiger partial charge is 0.263 e. The zero-order valence-electron chi connectivity index (χ0n) is 14.6. The van der Waals surface area contributed by atoms with Gasteiger partial charge >= 0.3 is 0 Å². The molecule has 130 valence electrons. The number of carbonyl (C=O) groups excluding carboxylic acids is 1. The van der Waals surface area contributed by atoms with Crippen LogP contribution in [0.4, 0.5) is 0 Å². The van der Waals surface area contributed by atoms with E-state index in [9.17, 15) is 9.59 Å². The van der Waals surface area contributed by atoms with Gasteiger partial charge in [0.15, 0.2) is 0 Å². The fraction of sp³-hybridized carbons (Fsp3) is 0.190. The van der Waals surface area contributed by atoms with E-state index in [0.29, 0.717) is 30.7 Å². The first-order valence-electron chi connectivity index (χ1n) is 8.65. The fourth-order valence-corrected chi connectivity index (χ4v) is 3.32. The number of nitrogens with zero attached hydrogens (tertiary/aromatic N) is 3. The van der Waals surface area contributed by atoms with Gasteiger partial charge in [0.05, 0.1) is 17.8 Å². The largest absolute Gasteiger partial charge is 0.334 e. The highest BCUT2D eigenvalue weighted by Crippen LogP contribution is 2.16. The van der Waals surface area contributed by atoms with E-state index in [0.717, 1.165) is 17.0 Å². The molecule has 1 aliphatic heterocycles. The molecule has 0 unspecified atom stereocenters. The van der Waals surface area contributed by atoms with E-state index >= 15 is 0 Å². The maximum absolute atomic E-state index is 12.9. The summed E-state index contributed by atoms with van der Waals surface area (Å²) < 4.78 is 1.62. The molecule has 1 amide bonds. The van der Waals surface area contributed by atoms with E-state index < -0.39 is 0 Å². The van der Waals surface area contributed by atoms with E-state index in [2.05, 4.69) is 4.98 Å². The zero-order valence-corrected chi connectivity index (χ0v) is 14.6. The minimum atomic E-state index is -0.0891. The van der Waals surface area contributed by atoms with Crippen molar-refractivity contribution >= 4 is 17.6 Å². The lowest BCUT2D eigenvalue weighted by atomic mass is 10.1. The van der Waals surface area contributed by atoms with Crippen LogP contribution >= 0.6 is 0 Å². The predicted octanol–water partition coefficient (Wildman–Crippen LogP) is 2.60. The number of aryl methyl sites for hydroxylation is 1. The lowest BCUT2D eigenvalue weighted by molar-refractivity contribution is -0.126. The topological polar surface area (TPSA) is 54.7 Å². The third-order valence-electron chi connectivity index (χ3n) is 4.72. The fourth-order valence-electron chi connectivity index (χ4n) is 3.32. The van der Waals surface area contributed by atoms with Gasteiger partial charge in [0.2, 0.25) is 5.91 Å². The number of rotatable bonds is 2. The van der Waals surface area contributed by atoms with E-state index in [1.165, 1.54) is 0 Å². The molecule has 4 rings (SSSR count). The van der Waals surface area contributed by atoms with Crippen LogP contribution in [0.1, 0.15) is 22.5 Å². The van der Waals surface area contributed by atoms with Crippen molar-refractivity contribution in [2.75, 3.05) is 6.54 Å². The summed E-state index contributed by atoms with van der Waals surface area (Å²) in [5.74, 6) is -0.0891. The molecule has 0 saturated carbocycles. The number of benzene rings is 1. The van der Waals surface area contributed by atoms with Crippen LogP contribution in [-0.4, -0.2) is 26.7 Å². The van der Waals surface area contributed by atoms with Crippen LogP contribution in [0.25, 0.3) is 11.7 Å². The molecule has 3 heterocycles. The van der Waals surface area contributed by atoms with Gasteiger partial charge in [-0.1, -0.05) is 36.4 Å². The second kappa shape index (κ2) is 6.59. The maximum Gasteiger partial charge on any atom is 0.263 e. The molecule has 0 fully saturated rings. The molecule has 0 radical (unpaired) electrons. The van der Waals surface area contributed by atoms with Crippen molar-refractivity contribution in [1.82, 2.24) is 14.3 Å². The Balaban J connectivity index is 1.63. The number of hydrogen-bond acceptors (Lipinski definition) is 3. The van der Waals surface area contributed by atoms with Crippen molar-refractivity contribution in [3.05, 3.63) is 87.5 Å². The Morgan fingerprint density at radius 2 is 1.92 bits per heavy atom. The van der Waals surface area contributed by atoms with Gasteiger partial charge in [-0.15, -0.1) is 0 Å². The van der Waals surface area contributed by atoms with Gasteiger partial charge in [0.25, 0.3) is 5.56 Å².